The first-order chi connectivity index (χ1) is 16.2. The Kier molecular flexibility index (Phi) is 7.53. The fourth-order valence-electron chi connectivity index (χ4n) is 3.69. The average molecular weight is 532 g/mol. The number of aromatic nitrogens is 2. The molecule has 188 valence electrons. The second kappa shape index (κ2) is 9.91. The van der Waals surface area contributed by atoms with Crippen molar-refractivity contribution in [3.05, 3.63) is 58.9 Å². The van der Waals surface area contributed by atoms with Crippen LogP contribution in [0.25, 0.3) is 11.4 Å². The number of hydrogen-bond acceptors (Lipinski definition) is 6. The highest BCUT2D eigenvalue weighted by molar-refractivity contribution is 7.88. The minimum atomic E-state index is -4.85. The van der Waals surface area contributed by atoms with Gasteiger partial charge in [0.2, 0.25) is 15.9 Å². The molecule has 1 fully saturated rings. The van der Waals surface area contributed by atoms with Crippen LogP contribution in [0.2, 0.25) is 5.15 Å². The van der Waals surface area contributed by atoms with Crippen LogP contribution in [0.3, 0.4) is 0 Å². The lowest BCUT2D eigenvalue weighted by atomic mass is 10.0. The summed E-state index contributed by atoms with van der Waals surface area (Å²) in [4.78, 5) is 33.3. The number of amides is 2. The van der Waals surface area contributed by atoms with Crippen molar-refractivity contribution in [1.82, 2.24) is 24.5 Å². The van der Waals surface area contributed by atoms with Crippen LogP contribution in [0.4, 0.5) is 13.2 Å². The topological polar surface area (TPSA) is 113 Å². The first-order valence-electron chi connectivity index (χ1n) is 10.1. The Bertz CT molecular complexity index is 1290. The van der Waals surface area contributed by atoms with Crippen LogP contribution in [0.15, 0.2) is 36.9 Å². The second-order valence-corrected chi connectivity index (χ2v) is 10.0. The molecular weight excluding hydrogens is 511 g/mol. The Labute approximate surface area is 204 Å². The van der Waals surface area contributed by atoms with Crippen molar-refractivity contribution < 1.29 is 31.2 Å². The molecule has 0 aromatic carbocycles. The summed E-state index contributed by atoms with van der Waals surface area (Å²) in [5.41, 5.74) is -1.72. The van der Waals surface area contributed by atoms with Crippen LogP contribution in [0.1, 0.15) is 27.7 Å². The van der Waals surface area contributed by atoms with Gasteiger partial charge in [0, 0.05) is 32.2 Å². The Balaban J connectivity index is 2.16. The maximum Gasteiger partial charge on any atom is 0.433 e. The van der Waals surface area contributed by atoms with Crippen LogP contribution in [-0.2, 0) is 21.0 Å². The molecule has 0 bridgehead atoms. The quantitative estimate of drug-likeness (QED) is 0.468. The number of rotatable bonds is 5. The number of hydrogen-bond donors (Lipinski definition) is 1. The van der Waals surface area contributed by atoms with E-state index in [2.05, 4.69) is 21.9 Å². The molecule has 1 saturated heterocycles. The van der Waals surface area contributed by atoms with Crippen molar-refractivity contribution in [1.29, 1.82) is 0 Å². The normalized spacial score (nSPS) is 17.2. The van der Waals surface area contributed by atoms with Gasteiger partial charge in [-0.05, 0) is 35.9 Å². The molecule has 3 heterocycles. The highest BCUT2D eigenvalue weighted by Gasteiger charge is 2.36. The van der Waals surface area contributed by atoms with Crippen LogP contribution in [-0.4, -0.2) is 72.3 Å². The molecule has 0 unspecified atom stereocenters. The van der Waals surface area contributed by atoms with Gasteiger partial charge < -0.3 is 10.2 Å². The fraction of sp³-hybridized carbons (Fsp3) is 0.333. The van der Waals surface area contributed by atoms with Crippen LogP contribution >= 0.6 is 11.6 Å². The molecule has 1 aliphatic heterocycles. The second-order valence-electron chi connectivity index (χ2n) is 7.69. The van der Waals surface area contributed by atoms with E-state index in [0.717, 1.165) is 18.4 Å². The summed E-state index contributed by atoms with van der Waals surface area (Å²) in [5.74, 6) is -1.17. The highest BCUT2D eigenvalue weighted by Crippen LogP contribution is 2.34. The number of nitrogens with one attached hydrogen (secondary N) is 1. The van der Waals surface area contributed by atoms with Crippen molar-refractivity contribution in [3.63, 3.8) is 0 Å². The maximum atomic E-state index is 13.5. The number of pyridine rings is 2. The monoisotopic (exact) mass is 531 g/mol. The lowest BCUT2D eigenvalue weighted by molar-refractivity contribution is -0.141. The van der Waals surface area contributed by atoms with Gasteiger partial charge in [-0.2, -0.15) is 17.5 Å². The van der Waals surface area contributed by atoms with Crippen molar-refractivity contribution in [3.8, 4) is 11.4 Å². The molecule has 0 radical (unpaired) electrons. The van der Waals surface area contributed by atoms with Gasteiger partial charge in [0.1, 0.15) is 10.8 Å². The number of nitrogens with zero attached hydrogens (tertiary/aromatic N) is 4. The summed E-state index contributed by atoms with van der Waals surface area (Å²) in [6.45, 7) is 3.51. The molecule has 0 aliphatic carbocycles. The summed E-state index contributed by atoms with van der Waals surface area (Å²) >= 11 is 6.16. The lowest BCUT2D eigenvalue weighted by Crippen LogP contribution is -2.51. The van der Waals surface area contributed by atoms with E-state index in [1.54, 1.807) is 0 Å². The van der Waals surface area contributed by atoms with Gasteiger partial charge >= 0.3 is 6.18 Å². The largest absolute Gasteiger partial charge is 0.433 e. The Morgan fingerprint density at radius 2 is 1.83 bits per heavy atom. The lowest BCUT2D eigenvalue weighted by Gasteiger charge is -2.40. The van der Waals surface area contributed by atoms with Gasteiger partial charge in [-0.1, -0.05) is 18.2 Å². The molecule has 1 aliphatic rings. The Morgan fingerprint density at radius 1 is 1.17 bits per heavy atom. The predicted octanol–water partition coefficient (Wildman–Crippen LogP) is 2.51. The predicted molar refractivity (Wildman–Crippen MR) is 122 cm³/mol. The van der Waals surface area contributed by atoms with E-state index >= 15 is 0 Å². The Morgan fingerprint density at radius 3 is 2.40 bits per heavy atom. The molecule has 14 heteroatoms. The Hall–Kier alpha value is -3.03. The SMILES string of the molecule is C=CC(=O)N1CCN(S(C)(=O)=O)[C@H](c2cc(Cl)nc(-c3cc(C(=O)NC)cc(C(F)(F)F)n3)c2)C1. The van der Waals surface area contributed by atoms with E-state index in [1.165, 1.54) is 28.4 Å². The molecule has 1 atom stereocenters. The van der Waals surface area contributed by atoms with Crippen molar-refractivity contribution >= 4 is 33.4 Å². The van der Waals surface area contributed by atoms with Crippen LogP contribution in [0, 0.1) is 0 Å². The first-order valence-corrected chi connectivity index (χ1v) is 12.3. The number of alkyl halides is 3. The van der Waals surface area contributed by atoms with Gasteiger partial charge in [-0.3, -0.25) is 9.59 Å². The van der Waals surface area contributed by atoms with Gasteiger partial charge in [0.05, 0.1) is 23.7 Å². The van der Waals surface area contributed by atoms with Crippen molar-refractivity contribution in [2.75, 3.05) is 32.9 Å². The van der Waals surface area contributed by atoms with Gasteiger partial charge in [0.15, 0.2) is 0 Å². The average Bonchev–Trinajstić information content (AvgIpc) is 2.80. The van der Waals surface area contributed by atoms with E-state index in [1.807, 2.05) is 0 Å². The van der Waals surface area contributed by atoms with E-state index in [0.29, 0.717) is 6.07 Å². The maximum absolute atomic E-state index is 13.5. The number of halogens is 4. The zero-order valence-corrected chi connectivity index (χ0v) is 20.2. The van der Waals surface area contributed by atoms with E-state index in [-0.39, 0.29) is 47.3 Å². The minimum Gasteiger partial charge on any atom is -0.355 e. The summed E-state index contributed by atoms with van der Waals surface area (Å²) in [6, 6.07) is 3.54. The summed E-state index contributed by atoms with van der Waals surface area (Å²) < 4.78 is 66.4. The van der Waals surface area contributed by atoms with Gasteiger partial charge in [-0.25, -0.2) is 18.4 Å². The molecular formula is C21H21ClF3N5O4S. The number of piperazine rings is 1. The first kappa shape index (κ1) is 26.6. The van der Waals surface area contributed by atoms with E-state index in [9.17, 15) is 31.2 Å². The zero-order valence-electron chi connectivity index (χ0n) is 18.6. The number of carbonyl (C=O) groups excluding carboxylic acids is 2. The third-order valence-electron chi connectivity index (χ3n) is 5.31. The smallest absolute Gasteiger partial charge is 0.355 e. The molecule has 1 N–H and O–H groups in total. The summed E-state index contributed by atoms with van der Waals surface area (Å²) in [7, 11) is -2.46. The van der Waals surface area contributed by atoms with Gasteiger partial charge in [0.25, 0.3) is 5.91 Å². The molecule has 2 aromatic heterocycles. The van der Waals surface area contributed by atoms with Gasteiger partial charge in [-0.15, -0.1) is 0 Å². The molecule has 3 rings (SSSR count). The molecule has 9 nitrogen and oxygen atoms in total. The van der Waals surface area contributed by atoms with Crippen LogP contribution < -0.4 is 5.32 Å². The standard InChI is InChI=1S/C21H21ClF3N5O4S/c1-4-19(31)29-5-6-30(35(3,33)34)16(11-29)12-7-15(28-18(22)10-12)14-8-13(20(32)26-2)9-17(27-14)21(23,24)25/h4,7-10,16H,1,5-6,11H2,2-3H3,(H,26,32)/t16-/m0/s1. The molecule has 2 amide bonds. The number of sulfonamides is 1. The third kappa shape index (κ3) is 5.97. The summed E-state index contributed by atoms with van der Waals surface area (Å²) in [6.07, 6.45) is -2.73. The van der Waals surface area contributed by atoms with Crippen molar-refractivity contribution in [2.24, 2.45) is 0 Å². The highest BCUT2D eigenvalue weighted by atomic mass is 35.5. The zero-order chi connectivity index (χ0) is 26.1. The molecule has 0 spiro atoms. The summed E-state index contributed by atoms with van der Waals surface area (Å²) in [5, 5.41) is 2.12. The minimum absolute atomic E-state index is 0.0129. The van der Waals surface area contributed by atoms with E-state index < -0.39 is 39.7 Å². The fourth-order valence-corrected chi connectivity index (χ4v) is 4.97. The third-order valence-corrected chi connectivity index (χ3v) is 6.79. The van der Waals surface area contributed by atoms with E-state index in [4.69, 9.17) is 11.6 Å². The molecule has 2 aromatic rings. The van der Waals surface area contributed by atoms with Crippen LogP contribution in [0.5, 0.6) is 0 Å². The molecule has 35 heavy (non-hydrogen) atoms. The van der Waals surface area contributed by atoms with Crippen molar-refractivity contribution in [2.45, 2.75) is 12.2 Å². The molecule has 0 saturated carbocycles. The number of carbonyl (C=O) groups is 2.